The Morgan fingerprint density at radius 2 is 2.20 bits per heavy atom. The maximum absolute atomic E-state index is 6.09. The molecule has 104 valence electrons. The first-order valence-electron chi connectivity index (χ1n) is 6.40. The van der Waals surface area contributed by atoms with Crippen molar-refractivity contribution in [2.75, 3.05) is 12.3 Å². The fourth-order valence-corrected chi connectivity index (χ4v) is 2.61. The predicted octanol–water partition coefficient (Wildman–Crippen LogP) is 3.65. The summed E-state index contributed by atoms with van der Waals surface area (Å²) in [7, 11) is 0. The number of hydrogen-bond donors (Lipinski definition) is 1. The van der Waals surface area contributed by atoms with Crippen molar-refractivity contribution in [1.82, 2.24) is 9.97 Å². The highest BCUT2D eigenvalue weighted by Gasteiger charge is 2.22. The maximum atomic E-state index is 6.09. The van der Waals surface area contributed by atoms with E-state index < -0.39 is 0 Å². The minimum Gasteiger partial charge on any atom is -0.476 e. The fourth-order valence-electron chi connectivity index (χ4n) is 1.63. The van der Waals surface area contributed by atoms with Crippen LogP contribution in [0, 0.1) is 5.92 Å². The second-order valence-corrected chi connectivity index (χ2v) is 6.11. The largest absolute Gasteiger partial charge is 0.476 e. The summed E-state index contributed by atoms with van der Waals surface area (Å²) in [5, 5.41) is 2.10. The van der Waals surface area contributed by atoms with Gasteiger partial charge in [-0.15, -0.1) is 0 Å². The molecule has 3 rings (SSSR count). The first kappa shape index (κ1) is 13.5. The average Bonchev–Trinajstić information content (AvgIpc) is 3.26. The molecule has 1 fully saturated rings. The first-order valence-corrected chi connectivity index (χ1v) is 7.59. The highest BCUT2D eigenvalue weighted by atomic mass is 35.5. The minimum absolute atomic E-state index is 0.494. The van der Waals surface area contributed by atoms with E-state index in [1.807, 2.05) is 6.07 Å². The zero-order valence-electron chi connectivity index (χ0n) is 10.8. The van der Waals surface area contributed by atoms with Crippen LogP contribution in [0.5, 0.6) is 5.88 Å². The van der Waals surface area contributed by atoms with Gasteiger partial charge in [0.05, 0.1) is 17.3 Å². The minimum atomic E-state index is 0.494. The van der Waals surface area contributed by atoms with Crippen LogP contribution in [0.15, 0.2) is 40.5 Å². The molecule has 0 bridgehead atoms. The van der Waals surface area contributed by atoms with Crippen molar-refractivity contribution in [1.29, 1.82) is 0 Å². The molecule has 0 aromatic carbocycles. The SMILES string of the molecule is Nc1ccc(Sc2ncccc2Cl)nc1OCC1CC1. The summed E-state index contributed by atoms with van der Waals surface area (Å²) in [6.07, 6.45) is 4.17. The molecule has 1 aliphatic rings. The third kappa shape index (κ3) is 3.35. The van der Waals surface area contributed by atoms with Crippen LogP contribution in [0.2, 0.25) is 5.02 Å². The summed E-state index contributed by atoms with van der Waals surface area (Å²) in [5.41, 5.74) is 6.44. The topological polar surface area (TPSA) is 61.0 Å². The van der Waals surface area contributed by atoms with Crippen LogP contribution in [0.25, 0.3) is 0 Å². The standard InChI is InChI=1S/C14H14ClN3OS/c15-10-2-1-7-17-14(10)20-12-6-5-11(16)13(18-12)19-8-9-3-4-9/h1-2,5-7,9H,3-4,8,16H2. The number of aromatic nitrogens is 2. The van der Waals surface area contributed by atoms with Crippen LogP contribution < -0.4 is 10.5 Å². The zero-order valence-corrected chi connectivity index (χ0v) is 12.3. The highest BCUT2D eigenvalue weighted by Crippen LogP contribution is 2.34. The second kappa shape index (κ2) is 5.89. The van der Waals surface area contributed by atoms with Crippen molar-refractivity contribution in [2.45, 2.75) is 22.9 Å². The van der Waals surface area contributed by atoms with Gasteiger partial charge in [0.15, 0.2) is 0 Å². The van der Waals surface area contributed by atoms with E-state index in [1.54, 1.807) is 24.4 Å². The van der Waals surface area contributed by atoms with Gasteiger partial charge in [0.2, 0.25) is 5.88 Å². The van der Waals surface area contributed by atoms with Gasteiger partial charge in [-0.1, -0.05) is 11.6 Å². The number of rotatable bonds is 5. The molecule has 0 saturated heterocycles. The van der Waals surface area contributed by atoms with Gasteiger partial charge in [-0.25, -0.2) is 9.97 Å². The van der Waals surface area contributed by atoms with Crippen molar-refractivity contribution in [3.05, 3.63) is 35.5 Å². The van der Waals surface area contributed by atoms with Crippen molar-refractivity contribution in [2.24, 2.45) is 5.92 Å². The summed E-state index contributed by atoms with van der Waals surface area (Å²) in [4.78, 5) is 8.65. The molecule has 4 nitrogen and oxygen atoms in total. The number of nitrogen functional groups attached to an aromatic ring is 1. The zero-order chi connectivity index (χ0) is 13.9. The molecule has 0 unspecified atom stereocenters. The number of anilines is 1. The molecular weight excluding hydrogens is 294 g/mol. The van der Waals surface area contributed by atoms with Crippen molar-refractivity contribution in [3.8, 4) is 5.88 Å². The lowest BCUT2D eigenvalue weighted by atomic mass is 10.4. The van der Waals surface area contributed by atoms with Gasteiger partial charge in [-0.3, -0.25) is 0 Å². The molecule has 6 heteroatoms. The third-order valence-corrected chi connectivity index (χ3v) is 4.32. The van der Waals surface area contributed by atoms with Crippen molar-refractivity contribution >= 4 is 29.1 Å². The monoisotopic (exact) mass is 307 g/mol. The Balaban J connectivity index is 1.75. The van der Waals surface area contributed by atoms with E-state index in [0.717, 1.165) is 10.1 Å². The molecule has 0 spiro atoms. The second-order valence-electron chi connectivity index (χ2n) is 4.69. The molecule has 2 N–H and O–H groups in total. The normalized spacial score (nSPS) is 14.2. The number of nitrogens with zero attached hydrogens (tertiary/aromatic N) is 2. The quantitative estimate of drug-likeness (QED) is 0.913. The number of hydrogen-bond acceptors (Lipinski definition) is 5. The van der Waals surface area contributed by atoms with Crippen LogP contribution in [0.3, 0.4) is 0 Å². The molecule has 1 aliphatic carbocycles. The molecule has 20 heavy (non-hydrogen) atoms. The maximum Gasteiger partial charge on any atom is 0.238 e. The number of nitrogens with two attached hydrogens (primary N) is 1. The van der Waals surface area contributed by atoms with Crippen LogP contribution in [0.4, 0.5) is 5.69 Å². The molecule has 0 amide bonds. The third-order valence-electron chi connectivity index (χ3n) is 2.94. The molecule has 1 saturated carbocycles. The molecule has 2 aromatic rings. The molecule has 0 atom stereocenters. The smallest absolute Gasteiger partial charge is 0.238 e. The van der Waals surface area contributed by atoms with E-state index in [0.29, 0.717) is 29.1 Å². The van der Waals surface area contributed by atoms with Gasteiger partial charge in [-0.05, 0) is 54.8 Å². The lowest BCUT2D eigenvalue weighted by Gasteiger charge is -2.09. The van der Waals surface area contributed by atoms with Crippen molar-refractivity contribution in [3.63, 3.8) is 0 Å². The Bertz CT molecular complexity index is 619. The Morgan fingerprint density at radius 1 is 1.35 bits per heavy atom. The van der Waals surface area contributed by atoms with Gasteiger partial charge in [0.25, 0.3) is 0 Å². The summed E-state index contributed by atoms with van der Waals surface area (Å²) in [5.74, 6) is 1.16. The number of ether oxygens (including phenoxy) is 1. The van der Waals surface area contributed by atoms with Gasteiger partial charge < -0.3 is 10.5 Å². The molecule has 0 radical (unpaired) electrons. The molecule has 0 aliphatic heterocycles. The van der Waals surface area contributed by atoms with Crippen LogP contribution in [-0.4, -0.2) is 16.6 Å². The summed E-state index contributed by atoms with van der Waals surface area (Å²) < 4.78 is 5.67. The van der Waals surface area contributed by atoms with E-state index in [4.69, 9.17) is 22.1 Å². The summed E-state index contributed by atoms with van der Waals surface area (Å²) in [6.45, 7) is 0.690. The van der Waals surface area contributed by atoms with E-state index in [9.17, 15) is 0 Å². The highest BCUT2D eigenvalue weighted by molar-refractivity contribution is 7.99. The van der Waals surface area contributed by atoms with Gasteiger partial charge in [-0.2, -0.15) is 0 Å². The van der Waals surface area contributed by atoms with Crippen LogP contribution in [0.1, 0.15) is 12.8 Å². The molecule has 2 aromatic heterocycles. The predicted molar refractivity (Wildman–Crippen MR) is 80.2 cm³/mol. The van der Waals surface area contributed by atoms with Gasteiger partial charge in [0, 0.05) is 6.20 Å². The van der Waals surface area contributed by atoms with Crippen LogP contribution >= 0.6 is 23.4 Å². The van der Waals surface area contributed by atoms with Gasteiger partial charge in [0.1, 0.15) is 10.1 Å². The van der Waals surface area contributed by atoms with E-state index in [1.165, 1.54) is 24.6 Å². The average molecular weight is 308 g/mol. The molecule has 2 heterocycles. The molecular formula is C14H14ClN3OS. The fraction of sp³-hybridized carbons (Fsp3) is 0.286. The Kier molecular flexibility index (Phi) is 3.98. The Morgan fingerprint density at radius 3 is 2.95 bits per heavy atom. The van der Waals surface area contributed by atoms with Crippen molar-refractivity contribution < 1.29 is 4.74 Å². The number of halogens is 1. The summed E-state index contributed by atoms with van der Waals surface area (Å²) in [6, 6.07) is 7.25. The Hall–Kier alpha value is -1.46. The van der Waals surface area contributed by atoms with E-state index >= 15 is 0 Å². The lowest BCUT2D eigenvalue weighted by Crippen LogP contribution is -2.04. The van der Waals surface area contributed by atoms with E-state index in [-0.39, 0.29) is 0 Å². The van der Waals surface area contributed by atoms with E-state index in [2.05, 4.69) is 9.97 Å². The Labute approximate surface area is 126 Å². The summed E-state index contributed by atoms with van der Waals surface area (Å²) >= 11 is 7.49. The van der Waals surface area contributed by atoms with Crippen LogP contribution in [-0.2, 0) is 0 Å². The first-order chi connectivity index (χ1) is 9.72. The lowest BCUT2D eigenvalue weighted by molar-refractivity contribution is 0.288. The number of pyridine rings is 2. The van der Waals surface area contributed by atoms with Gasteiger partial charge >= 0.3 is 0 Å².